The highest BCUT2D eigenvalue weighted by molar-refractivity contribution is 7.10. The van der Waals surface area contributed by atoms with E-state index in [2.05, 4.69) is 9.97 Å². The number of halogens is 3. The van der Waals surface area contributed by atoms with Crippen molar-refractivity contribution in [1.82, 2.24) is 14.5 Å². The van der Waals surface area contributed by atoms with Gasteiger partial charge in [0, 0.05) is 34.1 Å². The third-order valence-electron chi connectivity index (χ3n) is 3.74. The monoisotopic (exact) mass is 371 g/mol. The van der Waals surface area contributed by atoms with Crippen LogP contribution < -0.4 is 0 Å². The normalized spacial score (nSPS) is 12.1. The van der Waals surface area contributed by atoms with Crippen molar-refractivity contribution in [3.05, 3.63) is 43.9 Å². The smallest absolute Gasteiger partial charge is 0.339 e. The quantitative estimate of drug-likeness (QED) is 0.635. The van der Waals surface area contributed by atoms with Crippen molar-refractivity contribution in [3.63, 3.8) is 0 Å². The first-order valence-corrected chi connectivity index (χ1v) is 9.08. The molecule has 128 valence electrons. The highest BCUT2D eigenvalue weighted by Gasteiger charge is 2.30. The van der Waals surface area contributed by atoms with Gasteiger partial charge in [-0.1, -0.05) is 0 Å². The van der Waals surface area contributed by atoms with Crippen LogP contribution in [-0.4, -0.2) is 20.7 Å². The molecule has 0 aliphatic heterocycles. The standard InChI is InChI=1S/C16H16F3N3S2/c1-9-4-13(10(2)22(9)8-16(17,18)19)14-7-24-15(21-14)5-12-6-23-11(3)20-12/h4,6-7H,5,8H2,1-3H3. The average Bonchev–Trinajstić information content (AvgIpc) is 3.15. The molecule has 8 heteroatoms. The summed E-state index contributed by atoms with van der Waals surface area (Å²) in [5.74, 6) is 0. The van der Waals surface area contributed by atoms with E-state index in [1.807, 2.05) is 17.7 Å². The van der Waals surface area contributed by atoms with Crippen molar-refractivity contribution < 1.29 is 13.2 Å². The molecule has 0 aliphatic carbocycles. The zero-order valence-corrected chi connectivity index (χ0v) is 15.1. The van der Waals surface area contributed by atoms with E-state index >= 15 is 0 Å². The summed E-state index contributed by atoms with van der Waals surface area (Å²) in [4.78, 5) is 9.01. The molecule has 0 unspecified atom stereocenters. The van der Waals surface area contributed by atoms with E-state index < -0.39 is 12.7 Å². The molecule has 0 aromatic carbocycles. The second-order valence-corrected chi connectivity index (χ2v) is 7.65. The first kappa shape index (κ1) is 17.2. The Hall–Kier alpha value is -1.67. The lowest BCUT2D eigenvalue weighted by atomic mass is 10.2. The van der Waals surface area contributed by atoms with Crippen molar-refractivity contribution in [2.75, 3.05) is 0 Å². The predicted octanol–water partition coefficient (Wildman–Crippen LogP) is 5.15. The Labute approximate surface area is 145 Å². The van der Waals surface area contributed by atoms with E-state index in [-0.39, 0.29) is 0 Å². The van der Waals surface area contributed by atoms with Gasteiger partial charge in [-0.2, -0.15) is 13.2 Å². The SMILES string of the molecule is Cc1nc(Cc2nc(-c3cc(C)n(CC(F)(F)F)c3C)cs2)cs1. The molecule has 3 nitrogen and oxygen atoms in total. The number of aromatic nitrogens is 3. The van der Waals surface area contributed by atoms with Gasteiger partial charge in [0.05, 0.1) is 21.4 Å². The van der Waals surface area contributed by atoms with Crippen LogP contribution in [0, 0.1) is 20.8 Å². The topological polar surface area (TPSA) is 30.7 Å². The number of aryl methyl sites for hydroxylation is 2. The second-order valence-electron chi connectivity index (χ2n) is 5.65. The van der Waals surface area contributed by atoms with Gasteiger partial charge in [0.25, 0.3) is 0 Å². The lowest BCUT2D eigenvalue weighted by Crippen LogP contribution is -2.19. The number of hydrogen-bond donors (Lipinski definition) is 0. The van der Waals surface area contributed by atoms with Crippen LogP contribution in [0.5, 0.6) is 0 Å². The number of nitrogens with zero attached hydrogens (tertiary/aromatic N) is 3. The predicted molar refractivity (Wildman–Crippen MR) is 90.7 cm³/mol. The molecule has 24 heavy (non-hydrogen) atoms. The molecule has 0 N–H and O–H groups in total. The summed E-state index contributed by atoms with van der Waals surface area (Å²) in [5, 5.41) is 5.83. The summed E-state index contributed by atoms with van der Waals surface area (Å²) >= 11 is 3.10. The third kappa shape index (κ3) is 3.70. The zero-order valence-electron chi connectivity index (χ0n) is 13.4. The third-order valence-corrected chi connectivity index (χ3v) is 5.41. The molecule has 3 aromatic rings. The maximum Gasteiger partial charge on any atom is 0.406 e. The molecular weight excluding hydrogens is 355 g/mol. The molecule has 0 amide bonds. The Morgan fingerprint density at radius 2 is 1.83 bits per heavy atom. The summed E-state index contributed by atoms with van der Waals surface area (Å²) in [5.41, 5.74) is 3.63. The maximum atomic E-state index is 12.7. The van der Waals surface area contributed by atoms with Gasteiger partial charge in [-0.25, -0.2) is 9.97 Å². The Balaban J connectivity index is 1.86. The van der Waals surface area contributed by atoms with Crippen LogP contribution in [-0.2, 0) is 13.0 Å². The largest absolute Gasteiger partial charge is 0.406 e. The van der Waals surface area contributed by atoms with Crippen LogP contribution in [0.15, 0.2) is 16.8 Å². The number of thiazole rings is 2. The highest BCUT2D eigenvalue weighted by atomic mass is 32.1. The van der Waals surface area contributed by atoms with E-state index in [9.17, 15) is 13.2 Å². The Bertz CT molecular complexity index is 858. The zero-order chi connectivity index (χ0) is 17.5. The van der Waals surface area contributed by atoms with Gasteiger partial charge < -0.3 is 4.57 Å². The summed E-state index contributed by atoms with van der Waals surface area (Å²) in [6.07, 6.45) is -3.59. The van der Waals surface area contributed by atoms with Gasteiger partial charge in [-0.15, -0.1) is 22.7 Å². The van der Waals surface area contributed by atoms with E-state index in [1.54, 1.807) is 31.3 Å². The fourth-order valence-electron chi connectivity index (χ4n) is 2.64. The molecule has 3 heterocycles. The number of rotatable bonds is 4. The lowest BCUT2D eigenvalue weighted by Gasteiger charge is -2.12. The van der Waals surface area contributed by atoms with E-state index in [0.29, 0.717) is 17.8 Å². The molecule has 3 rings (SSSR count). The van der Waals surface area contributed by atoms with Gasteiger partial charge >= 0.3 is 6.18 Å². The molecule has 0 radical (unpaired) electrons. The lowest BCUT2D eigenvalue weighted by molar-refractivity contribution is -0.141. The van der Waals surface area contributed by atoms with Crippen LogP contribution in [0.1, 0.15) is 27.1 Å². The average molecular weight is 371 g/mol. The molecular formula is C16H16F3N3S2. The number of hydrogen-bond acceptors (Lipinski definition) is 4. The second kappa shape index (κ2) is 6.33. The fraction of sp³-hybridized carbons (Fsp3) is 0.375. The first-order valence-electron chi connectivity index (χ1n) is 7.32. The maximum absolute atomic E-state index is 12.7. The molecule has 0 spiro atoms. The van der Waals surface area contributed by atoms with Gasteiger partial charge in [0.1, 0.15) is 6.54 Å². The van der Waals surface area contributed by atoms with Crippen LogP contribution in [0.2, 0.25) is 0 Å². The summed E-state index contributed by atoms with van der Waals surface area (Å²) in [7, 11) is 0. The minimum atomic E-state index is -4.23. The van der Waals surface area contributed by atoms with Gasteiger partial charge in [-0.05, 0) is 26.8 Å². The van der Waals surface area contributed by atoms with Crippen LogP contribution in [0.25, 0.3) is 11.3 Å². The molecule has 3 aromatic heterocycles. The van der Waals surface area contributed by atoms with Gasteiger partial charge in [-0.3, -0.25) is 0 Å². The highest BCUT2D eigenvalue weighted by Crippen LogP contribution is 2.31. The summed E-state index contributed by atoms with van der Waals surface area (Å²) in [6.45, 7) is 4.38. The molecule has 0 bridgehead atoms. The van der Waals surface area contributed by atoms with Crippen LogP contribution in [0.3, 0.4) is 0 Å². The van der Waals surface area contributed by atoms with Gasteiger partial charge in [0.2, 0.25) is 0 Å². The van der Waals surface area contributed by atoms with Gasteiger partial charge in [0.15, 0.2) is 0 Å². The van der Waals surface area contributed by atoms with Crippen molar-refractivity contribution in [1.29, 1.82) is 0 Å². The molecule has 0 fully saturated rings. The van der Waals surface area contributed by atoms with E-state index in [0.717, 1.165) is 27.0 Å². The van der Waals surface area contributed by atoms with E-state index in [4.69, 9.17) is 0 Å². The Morgan fingerprint density at radius 1 is 1.08 bits per heavy atom. The Kier molecular flexibility index (Phi) is 4.52. The molecule has 0 saturated heterocycles. The summed E-state index contributed by atoms with van der Waals surface area (Å²) in [6, 6.07) is 1.77. The Morgan fingerprint density at radius 3 is 2.46 bits per heavy atom. The molecule has 0 saturated carbocycles. The first-order chi connectivity index (χ1) is 11.2. The minimum Gasteiger partial charge on any atom is -0.339 e. The molecule has 0 atom stereocenters. The van der Waals surface area contributed by atoms with Crippen molar-refractivity contribution in [3.8, 4) is 11.3 Å². The van der Waals surface area contributed by atoms with Crippen molar-refractivity contribution >= 4 is 22.7 Å². The number of alkyl halides is 3. The van der Waals surface area contributed by atoms with Crippen LogP contribution in [0.4, 0.5) is 13.2 Å². The van der Waals surface area contributed by atoms with Crippen molar-refractivity contribution in [2.45, 2.75) is 39.9 Å². The van der Waals surface area contributed by atoms with E-state index in [1.165, 1.54) is 15.9 Å². The minimum absolute atomic E-state index is 0.588. The van der Waals surface area contributed by atoms with Crippen LogP contribution >= 0.6 is 22.7 Å². The fourth-order valence-corrected chi connectivity index (χ4v) is 4.07. The van der Waals surface area contributed by atoms with Crippen molar-refractivity contribution in [2.24, 2.45) is 0 Å². The molecule has 0 aliphatic rings. The summed E-state index contributed by atoms with van der Waals surface area (Å²) < 4.78 is 39.5.